The monoisotopic (exact) mass is 766 g/mol. The van der Waals surface area contributed by atoms with E-state index in [0.717, 1.165) is 9.13 Å². The number of fused-ring (bicyclic) bond motifs is 1. The van der Waals surface area contributed by atoms with E-state index in [9.17, 15) is 9.59 Å². The Balaban J connectivity index is 1.96. The molecule has 0 fully saturated rings. The van der Waals surface area contributed by atoms with Gasteiger partial charge in [0.15, 0.2) is 27.8 Å². The van der Waals surface area contributed by atoms with E-state index >= 15 is 0 Å². The van der Waals surface area contributed by atoms with Crippen molar-refractivity contribution in [1.29, 1.82) is 0 Å². The minimum atomic E-state index is -0.837. The SMILES string of the molecule is C#CCOc1c(I)cc(/C=c2/sc3n(c2=O)[C@H](c2cc(OC)c(OCC)cc2Br)C(C(=O)OCC)=C(C)N=3)cc1OC. The number of aromatic nitrogens is 1. The van der Waals surface area contributed by atoms with Crippen LogP contribution in [0.3, 0.4) is 0 Å². The molecule has 220 valence electrons. The highest BCUT2D eigenvalue weighted by atomic mass is 127. The zero-order chi connectivity index (χ0) is 30.6. The van der Waals surface area contributed by atoms with E-state index in [1.165, 1.54) is 30.1 Å². The number of carbonyl (C=O) groups is 1. The predicted octanol–water partition coefficient (Wildman–Crippen LogP) is 4.59. The van der Waals surface area contributed by atoms with Crippen molar-refractivity contribution < 1.29 is 28.5 Å². The van der Waals surface area contributed by atoms with Gasteiger partial charge in [-0.15, -0.1) is 6.42 Å². The molecule has 3 aromatic rings. The Morgan fingerprint density at radius 3 is 2.52 bits per heavy atom. The normalized spacial score (nSPS) is 14.5. The van der Waals surface area contributed by atoms with E-state index < -0.39 is 12.0 Å². The second-order valence-corrected chi connectivity index (χ2v) is 11.8. The van der Waals surface area contributed by atoms with E-state index in [4.69, 9.17) is 30.1 Å². The number of halogens is 2. The highest BCUT2D eigenvalue weighted by molar-refractivity contribution is 14.1. The molecule has 2 heterocycles. The third-order valence-corrected chi connectivity index (χ3v) is 8.71. The lowest BCUT2D eigenvalue weighted by Crippen LogP contribution is -2.40. The molecule has 0 amide bonds. The first-order valence-electron chi connectivity index (χ1n) is 12.8. The van der Waals surface area contributed by atoms with Gasteiger partial charge in [0.1, 0.15) is 6.61 Å². The van der Waals surface area contributed by atoms with Crippen LogP contribution in [0.4, 0.5) is 0 Å². The fourth-order valence-electron chi connectivity index (χ4n) is 4.50. The molecule has 2 aromatic carbocycles. The van der Waals surface area contributed by atoms with Crippen molar-refractivity contribution >= 4 is 61.9 Å². The molecule has 1 atom stereocenters. The molecule has 0 bridgehead atoms. The molecule has 0 spiro atoms. The summed E-state index contributed by atoms with van der Waals surface area (Å²) in [5.41, 5.74) is 1.73. The van der Waals surface area contributed by atoms with Crippen LogP contribution >= 0.6 is 49.9 Å². The van der Waals surface area contributed by atoms with Crippen LogP contribution in [0.15, 0.2) is 49.8 Å². The van der Waals surface area contributed by atoms with Crippen LogP contribution in [0.5, 0.6) is 23.0 Å². The molecular weight excluding hydrogens is 739 g/mol. The number of terminal acetylenes is 1. The lowest BCUT2D eigenvalue weighted by atomic mass is 9.95. The number of thiazole rings is 1. The summed E-state index contributed by atoms with van der Waals surface area (Å²) < 4.78 is 31.2. The first kappa shape index (κ1) is 31.7. The highest BCUT2D eigenvalue weighted by Gasteiger charge is 2.35. The van der Waals surface area contributed by atoms with Crippen molar-refractivity contribution in [3.05, 3.63) is 74.4 Å². The number of carbonyl (C=O) groups excluding carboxylic acids is 1. The van der Waals surface area contributed by atoms with Gasteiger partial charge in [-0.25, -0.2) is 9.79 Å². The van der Waals surface area contributed by atoms with Crippen molar-refractivity contribution in [2.24, 2.45) is 4.99 Å². The fourth-order valence-corrected chi connectivity index (χ4v) is 6.87. The summed E-state index contributed by atoms with van der Waals surface area (Å²) in [5, 5.41) is 0. The van der Waals surface area contributed by atoms with Crippen LogP contribution in [0, 0.1) is 15.9 Å². The summed E-state index contributed by atoms with van der Waals surface area (Å²) in [6.07, 6.45) is 7.11. The van der Waals surface area contributed by atoms with Gasteiger partial charge in [0.25, 0.3) is 5.56 Å². The lowest BCUT2D eigenvalue weighted by Gasteiger charge is -2.26. The molecule has 0 unspecified atom stereocenters. The number of hydrogen-bond acceptors (Lipinski definition) is 9. The van der Waals surface area contributed by atoms with Crippen LogP contribution in [-0.4, -0.2) is 44.6 Å². The number of allylic oxidation sites excluding steroid dienone is 1. The summed E-state index contributed by atoms with van der Waals surface area (Å²) >= 11 is 6.99. The number of esters is 1. The van der Waals surface area contributed by atoms with E-state index in [-0.39, 0.29) is 24.3 Å². The van der Waals surface area contributed by atoms with Crippen molar-refractivity contribution in [3.63, 3.8) is 0 Å². The number of nitrogens with zero attached hydrogens (tertiary/aromatic N) is 2. The average molecular weight is 767 g/mol. The number of methoxy groups -OCH3 is 2. The van der Waals surface area contributed by atoms with Crippen LogP contribution < -0.4 is 33.8 Å². The number of rotatable bonds is 10. The summed E-state index contributed by atoms with van der Waals surface area (Å²) in [6, 6.07) is 6.33. The van der Waals surface area contributed by atoms with E-state index in [1.807, 2.05) is 13.0 Å². The maximum atomic E-state index is 14.1. The third-order valence-electron chi connectivity index (χ3n) is 6.24. The zero-order valence-corrected chi connectivity index (χ0v) is 28.1. The van der Waals surface area contributed by atoms with Gasteiger partial charge in [-0.3, -0.25) is 9.36 Å². The van der Waals surface area contributed by atoms with Crippen LogP contribution in [0.25, 0.3) is 6.08 Å². The zero-order valence-electron chi connectivity index (χ0n) is 23.6. The summed E-state index contributed by atoms with van der Waals surface area (Å²) in [7, 11) is 3.07. The van der Waals surface area contributed by atoms with Gasteiger partial charge >= 0.3 is 5.97 Å². The predicted molar refractivity (Wildman–Crippen MR) is 172 cm³/mol. The van der Waals surface area contributed by atoms with Gasteiger partial charge in [0, 0.05) is 4.47 Å². The highest BCUT2D eigenvalue weighted by Crippen LogP contribution is 2.41. The Bertz CT molecular complexity index is 1790. The van der Waals surface area contributed by atoms with Crippen molar-refractivity contribution in [1.82, 2.24) is 4.57 Å². The molecule has 1 aliphatic heterocycles. The Morgan fingerprint density at radius 2 is 1.88 bits per heavy atom. The maximum Gasteiger partial charge on any atom is 0.338 e. The first-order chi connectivity index (χ1) is 20.2. The largest absolute Gasteiger partial charge is 0.493 e. The summed E-state index contributed by atoms with van der Waals surface area (Å²) in [5.74, 6) is 3.89. The smallest absolute Gasteiger partial charge is 0.338 e. The maximum absolute atomic E-state index is 14.1. The Labute approximate surface area is 269 Å². The number of ether oxygens (including phenoxy) is 5. The van der Waals surface area contributed by atoms with Gasteiger partial charge in [0.2, 0.25) is 0 Å². The molecular formula is C30H28BrIN2O7S. The molecule has 9 nitrogen and oxygen atoms in total. The third kappa shape index (κ3) is 6.23. The van der Waals surface area contributed by atoms with Crippen LogP contribution in [0.2, 0.25) is 0 Å². The molecule has 1 aliphatic rings. The number of benzene rings is 2. The molecule has 12 heteroatoms. The van der Waals surface area contributed by atoms with E-state index in [1.54, 1.807) is 38.1 Å². The standard InChI is InChI=1S/C30H28BrIN2O7S/c1-7-10-41-27-20(32)11-17(12-23(27)38-6)13-24-28(35)34-26(18-14-21(37-5)22(39-8-2)15-19(18)31)25(29(36)40-9-3)16(4)33-30(34)42-24/h1,11-15,26H,8-10H2,2-6H3/b24-13+/t26-/m1/s1. The molecule has 0 saturated heterocycles. The lowest BCUT2D eigenvalue weighted by molar-refractivity contribution is -0.139. The van der Waals surface area contributed by atoms with Crippen molar-refractivity contribution in [2.75, 3.05) is 34.0 Å². The molecule has 42 heavy (non-hydrogen) atoms. The van der Waals surface area contributed by atoms with Crippen LogP contribution in [-0.2, 0) is 9.53 Å². The Kier molecular flexibility index (Phi) is 10.4. The molecule has 1 aromatic heterocycles. The van der Waals surface area contributed by atoms with Gasteiger partial charge in [-0.05, 0) is 84.8 Å². The van der Waals surface area contributed by atoms with Gasteiger partial charge in [-0.1, -0.05) is 33.2 Å². The van der Waals surface area contributed by atoms with Gasteiger partial charge in [0.05, 0.1) is 52.8 Å². The quantitative estimate of drug-likeness (QED) is 0.169. The Morgan fingerprint density at radius 1 is 1.14 bits per heavy atom. The molecule has 0 N–H and O–H groups in total. The molecule has 4 rings (SSSR count). The minimum absolute atomic E-state index is 0.0956. The second kappa shape index (κ2) is 13.8. The van der Waals surface area contributed by atoms with Gasteiger partial charge in [-0.2, -0.15) is 0 Å². The summed E-state index contributed by atoms with van der Waals surface area (Å²) in [4.78, 5) is 32.5. The van der Waals surface area contributed by atoms with E-state index in [2.05, 4.69) is 49.4 Å². The van der Waals surface area contributed by atoms with Crippen molar-refractivity contribution in [2.45, 2.75) is 26.8 Å². The Hall–Kier alpha value is -3.28. The second-order valence-electron chi connectivity index (χ2n) is 8.79. The molecule has 0 radical (unpaired) electrons. The average Bonchev–Trinajstić information content (AvgIpc) is 3.25. The fraction of sp³-hybridized carbons (Fsp3) is 0.300. The molecule has 0 aliphatic carbocycles. The first-order valence-corrected chi connectivity index (χ1v) is 15.5. The van der Waals surface area contributed by atoms with Crippen molar-refractivity contribution in [3.8, 4) is 35.3 Å². The van der Waals surface area contributed by atoms with E-state index in [0.29, 0.717) is 54.7 Å². The number of hydrogen-bond donors (Lipinski definition) is 0. The topological polar surface area (TPSA) is 97.6 Å². The minimum Gasteiger partial charge on any atom is -0.493 e. The molecule has 0 saturated carbocycles. The summed E-state index contributed by atoms with van der Waals surface area (Å²) in [6.45, 7) is 6.04. The van der Waals surface area contributed by atoms with Crippen LogP contribution in [0.1, 0.15) is 37.9 Å². The van der Waals surface area contributed by atoms with Gasteiger partial charge < -0.3 is 23.7 Å².